The topological polar surface area (TPSA) is 98.3 Å². The highest BCUT2D eigenvalue weighted by molar-refractivity contribution is 6.15. The van der Waals surface area contributed by atoms with Gasteiger partial charge in [-0.15, -0.1) is 0 Å². The summed E-state index contributed by atoms with van der Waals surface area (Å²) in [6.07, 6.45) is 6.69. The third-order valence-corrected chi connectivity index (χ3v) is 3.31. The van der Waals surface area contributed by atoms with Crippen LogP contribution in [-0.2, 0) is 4.74 Å². The molecule has 0 aliphatic heterocycles. The molecule has 3 N–H and O–H groups in total. The number of hydrogen-bond donors (Lipinski definition) is 2. The summed E-state index contributed by atoms with van der Waals surface area (Å²) in [5, 5.41) is 8.29. The normalized spacial score (nSPS) is 10.6. The number of nitrogen functional groups attached to an aromatic ring is 1. The molecule has 1 aromatic heterocycles. The summed E-state index contributed by atoms with van der Waals surface area (Å²) in [6, 6.07) is 6.74. The van der Waals surface area contributed by atoms with Crippen molar-refractivity contribution in [1.29, 1.82) is 5.41 Å². The Morgan fingerprint density at radius 2 is 2.00 bits per heavy atom. The molecule has 0 spiro atoms. The van der Waals surface area contributed by atoms with Gasteiger partial charge in [0.2, 0.25) is 0 Å². The molecule has 0 radical (unpaired) electrons. The van der Waals surface area contributed by atoms with Crippen LogP contribution >= 0.6 is 0 Å². The van der Waals surface area contributed by atoms with Crippen LogP contribution in [0.1, 0.15) is 28.4 Å². The molecule has 0 bridgehead atoms. The number of nitrogens with one attached hydrogen (secondary N) is 1. The number of carbonyl (C=O) groups excluding carboxylic acids is 1. The number of hydrogen-bond acceptors (Lipinski definition) is 6. The summed E-state index contributed by atoms with van der Waals surface area (Å²) < 4.78 is 10.4. The summed E-state index contributed by atoms with van der Waals surface area (Å²) in [5.74, 6) is -0.278. The molecule has 24 heavy (non-hydrogen) atoms. The molecule has 0 aliphatic carbocycles. The number of pyridine rings is 1. The quantitative estimate of drug-likeness (QED) is 0.483. The number of methoxy groups -OCH3 is 1. The third-order valence-electron chi connectivity index (χ3n) is 3.31. The molecule has 0 fully saturated rings. The Morgan fingerprint density at radius 1 is 1.29 bits per heavy atom. The zero-order valence-electron chi connectivity index (χ0n) is 13.6. The summed E-state index contributed by atoms with van der Waals surface area (Å²) in [6.45, 7) is 1.98. The van der Waals surface area contributed by atoms with Crippen molar-refractivity contribution < 1.29 is 14.3 Å². The number of nitrogens with zero attached hydrogens (tertiary/aromatic N) is 1. The van der Waals surface area contributed by atoms with Crippen molar-refractivity contribution >= 4 is 23.4 Å². The van der Waals surface area contributed by atoms with Gasteiger partial charge in [0.25, 0.3) is 0 Å². The van der Waals surface area contributed by atoms with Crippen molar-refractivity contribution in [2.45, 2.75) is 6.92 Å². The van der Waals surface area contributed by atoms with Crippen LogP contribution in [0.2, 0.25) is 0 Å². The number of anilines is 1. The summed E-state index contributed by atoms with van der Waals surface area (Å²) >= 11 is 0. The molecule has 0 unspecified atom stereocenters. The Kier molecular flexibility index (Phi) is 5.68. The van der Waals surface area contributed by atoms with E-state index < -0.39 is 5.97 Å². The molecule has 0 amide bonds. The van der Waals surface area contributed by atoms with E-state index >= 15 is 0 Å². The molecular weight excluding hydrogens is 306 g/mol. The molecular formula is C18H19N3O3. The zero-order valence-corrected chi connectivity index (χ0v) is 13.6. The fraction of sp³-hybridized carbons (Fsp3) is 0.167. The summed E-state index contributed by atoms with van der Waals surface area (Å²) in [5.41, 5.74) is 7.97. The number of benzene rings is 1. The maximum atomic E-state index is 12.1. The lowest BCUT2D eigenvalue weighted by Gasteiger charge is -2.14. The highest BCUT2D eigenvalue weighted by Crippen LogP contribution is 2.30. The van der Waals surface area contributed by atoms with E-state index in [1.807, 2.05) is 12.1 Å². The number of allylic oxidation sites excluding steroid dienone is 1. The monoisotopic (exact) mass is 325 g/mol. The van der Waals surface area contributed by atoms with Crippen LogP contribution in [0.25, 0.3) is 6.08 Å². The third kappa shape index (κ3) is 3.78. The Bertz CT molecular complexity index is 771. The van der Waals surface area contributed by atoms with Gasteiger partial charge in [-0.1, -0.05) is 6.08 Å². The van der Waals surface area contributed by atoms with E-state index in [-0.39, 0.29) is 23.6 Å². The van der Waals surface area contributed by atoms with Crippen molar-refractivity contribution in [3.8, 4) is 5.75 Å². The van der Waals surface area contributed by atoms with Gasteiger partial charge < -0.3 is 20.6 Å². The van der Waals surface area contributed by atoms with Crippen LogP contribution in [0.4, 0.5) is 5.69 Å². The molecule has 6 heteroatoms. The number of rotatable bonds is 6. The predicted octanol–water partition coefficient (Wildman–Crippen LogP) is 2.93. The first kappa shape index (κ1) is 17.2. The lowest BCUT2D eigenvalue weighted by Crippen LogP contribution is -2.12. The number of nitrogens with two attached hydrogens (primary N) is 1. The fourth-order valence-electron chi connectivity index (χ4n) is 2.19. The van der Waals surface area contributed by atoms with Crippen molar-refractivity contribution in [2.24, 2.45) is 0 Å². The smallest absolute Gasteiger partial charge is 0.341 e. The second kappa shape index (κ2) is 7.92. The van der Waals surface area contributed by atoms with E-state index in [2.05, 4.69) is 4.98 Å². The van der Waals surface area contributed by atoms with Gasteiger partial charge in [-0.05, 0) is 42.8 Å². The van der Waals surface area contributed by atoms with Crippen LogP contribution in [0.3, 0.4) is 0 Å². The Balaban J connectivity index is 2.41. The van der Waals surface area contributed by atoms with Crippen LogP contribution in [0.5, 0.6) is 5.75 Å². The lowest BCUT2D eigenvalue weighted by atomic mass is 10.0. The van der Waals surface area contributed by atoms with Gasteiger partial charge in [-0.2, -0.15) is 0 Å². The molecule has 2 rings (SSSR count). The minimum absolute atomic E-state index is 0.132. The molecule has 1 aromatic carbocycles. The van der Waals surface area contributed by atoms with Crippen molar-refractivity contribution in [3.05, 3.63) is 59.4 Å². The summed E-state index contributed by atoms with van der Waals surface area (Å²) in [7, 11) is 1.43. The van der Waals surface area contributed by atoms with E-state index in [1.54, 1.807) is 37.5 Å². The minimum Gasteiger partial charge on any atom is -0.495 e. The molecule has 0 aliphatic rings. The van der Waals surface area contributed by atoms with E-state index in [0.29, 0.717) is 11.3 Å². The van der Waals surface area contributed by atoms with Crippen LogP contribution in [-0.4, -0.2) is 30.4 Å². The number of carbonyl (C=O) groups is 1. The SMILES string of the molecule is CCOC(=O)c1ccc(N)c(C(=N)/C=C/c2ccncc2)c1OC. The molecule has 6 nitrogen and oxygen atoms in total. The van der Waals surface area contributed by atoms with Gasteiger partial charge in [-0.3, -0.25) is 4.98 Å². The van der Waals surface area contributed by atoms with Gasteiger partial charge in [0.05, 0.1) is 25.0 Å². The van der Waals surface area contributed by atoms with Crippen LogP contribution in [0, 0.1) is 5.41 Å². The first-order valence-corrected chi connectivity index (χ1v) is 7.39. The Morgan fingerprint density at radius 3 is 2.62 bits per heavy atom. The maximum Gasteiger partial charge on any atom is 0.341 e. The first-order chi connectivity index (χ1) is 11.6. The predicted molar refractivity (Wildman–Crippen MR) is 93.5 cm³/mol. The zero-order chi connectivity index (χ0) is 17.5. The maximum absolute atomic E-state index is 12.1. The molecule has 2 aromatic rings. The van der Waals surface area contributed by atoms with E-state index in [9.17, 15) is 4.79 Å². The van der Waals surface area contributed by atoms with Crippen LogP contribution < -0.4 is 10.5 Å². The van der Waals surface area contributed by atoms with E-state index in [1.165, 1.54) is 13.2 Å². The van der Waals surface area contributed by atoms with E-state index in [4.69, 9.17) is 20.6 Å². The van der Waals surface area contributed by atoms with Gasteiger partial charge in [0.1, 0.15) is 11.3 Å². The molecule has 0 saturated heterocycles. The second-order valence-electron chi connectivity index (χ2n) is 4.86. The van der Waals surface area contributed by atoms with Gasteiger partial charge in [-0.25, -0.2) is 4.79 Å². The highest BCUT2D eigenvalue weighted by atomic mass is 16.5. The van der Waals surface area contributed by atoms with Crippen molar-refractivity contribution in [2.75, 3.05) is 19.5 Å². The Hall–Kier alpha value is -3.15. The number of esters is 1. The van der Waals surface area contributed by atoms with Crippen molar-refractivity contribution in [1.82, 2.24) is 4.98 Å². The summed E-state index contributed by atoms with van der Waals surface area (Å²) in [4.78, 5) is 16.0. The highest BCUT2D eigenvalue weighted by Gasteiger charge is 2.20. The number of ether oxygens (including phenoxy) is 2. The Labute approximate surface area is 140 Å². The lowest BCUT2D eigenvalue weighted by molar-refractivity contribution is 0.0522. The van der Waals surface area contributed by atoms with Gasteiger partial charge in [0, 0.05) is 18.1 Å². The first-order valence-electron chi connectivity index (χ1n) is 7.39. The fourth-order valence-corrected chi connectivity index (χ4v) is 2.19. The van der Waals surface area contributed by atoms with Gasteiger partial charge >= 0.3 is 5.97 Å². The standard InChI is InChI=1S/C18H19N3O3/c1-3-24-18(22)13-5-7-15(20)16(17(13)23-2)14(19)6-4-12-8-10-21-11-9-12/h4-11,19H,3,20H2,1-2H3/b6-4+,19-14?. The molecule has 0 saturated carbocycles. The molecule has 0 atom stereocenters. The molecule has 124 valence electrons. The number of aromatic nitrogens is 1. The average Bonchev–Trinajstić information content (AvgIpc) is 2.60. The van der Waals surface area contributed by atoms with E-state index in [0.717, 1.165) is 5.56 Å². The van der Waals surface area contributed by atoms with Gasteiger partial charge in [0.15, 0.2) is 0 Å². The van der Waals surface area contributed by atoms with Crippen LogP contribution in [0.15, 0.2) is 42.7 Å². The largest absolute Gasteiger partial charge is 0.495 e. The minimum atomic E-state index is -0.512. The average molecular weight is 325 g/mol. The second-order valence-corrected chi connectivity index (χ2v) is 4.86. The molecule has 1 heterocycles. The van der Waals surface area contributed by atoms with Crippen molar-refractivity contribution in [3.63, 3.8) is 0 Å².